The summed E-state index contributed by atoms with van der Waals surface area (Å²) in [4.78, 5) is 10.2. The highest BCUT2D eigenvalue weighted by molar-refractivity contribution is 6.32. The minimum atomic E-state index is -0.637. The SMILES string of the molecule is O=[N+]([O-])c1cccc(Cl)c1Oc1ccccc1F. The summed E-state index contributed by atoms with van der Waals surface area (Å²) >= 11 is 5.82. The molecule has 0 bridgehead atoms. The van der Waals surface area contributed by atoms with E-state index < -0.39 is 10.7 Å². The molecule has 0 aliphatic carbocycles. The van der Waals surface area contributed by atoms with Gasteiger partial charge in [-0.15, -0.1) is 0 Å². The third kappa shape index (κ3) is 2.41. The van der Waals surface area contributed by atoms with Gasteiger partial charge in [0.2, 0.25) is 5.75 Å². The second kappa shape index (κ2) is 5.01. The van der Waals surface area contributed by atoms with Crippen molar-refractivity contribution in [2.45, 2.75) is 0 Å². The van der Waals surface area contributed by atoms with Crippen LogP contribution in [0.4, 0.5) is 10.1 Å². The van der Waals surface area contributed by atoms with Crippen LogP contribution in [0.2, 0.25) is 5.02 Å². The summed E-state index contributed by atoms with van der Waals surface area (Å²) in [6.45, 7) is 0. The summed E-state index contributed by atoms with van der Waals surface area (Å²) in [7, 11) is 0. The highest BCUT2D eigenvalue weighted by atomic mass is 35.5. The number of halogens is 2. The van der Waals surface area contributed by atoms with Crippen molar-refractivity contribution in [1.82, 2.24) is 0 Å². The number of rotatable bonds is 3. The Hall–Kier alpha value is -2.14. The van der Waals surface area contributed by atoms with Crippen LogP contribution in [-0.2, 0) is 0 Å². The lowest BCUT2D eigenvalue weighted by Crippen LogP contribution is -1.95. The van der Waals surface area contributed by atoms with Gasteiger partial charge >= 0.3 is 5.69 Å². The van der Waals surface area contributed by atoms with Crippen LogP contribution >= 0.6 is 11.6 Å². The van der Waals surface area contributed by atoms with Crippen LogP contribution < -0.4 is 4.74 Å². The predicted octanol–water partition coefficient (Wildman–Crippen LogP) is 4.18. The largest absolute Gasteiger partial charge is 0.445 e. The normalized spacial score (nSPS) is 10.1. The van der Waals surface area contributed by atoms with E-state index in [-0.39, 0.29) is 22.2 Å². The predicted molar refractivity (Wildman–Crippen MR) is 64.6 cm³/mol. The van der Waals surface area contributed by atoms with Gasteiger partial charge in [-0.25, -0.2) is 4.39 Å². The summed E-state index contributed by atoms with van der Waals surface area (Å²) in [5, 5.41) is 10.9. The maximum atomic E-state index is 13.4. The molecule has 0 radical (unpaired) electrons. The second-order valence-corrected chi connectivity index (χ2v) is 3.78. The van der Waals surface area contributed by atoms with Gasteiger partial charge in [0.25, 0.3) is 0 Å². The third-order valence-electron chi connectivity index (χ3n) is 2.19. The Morgan fingerprint density at radius 1 is 1.17 bits per heavy atom. The van der Waals surface area contributed by atoms with Crippen LogP contribution in [0.25, 0.3) is 0 Å². The van der Waals surface area contributed by atoms with E-state index in [4.69, 9.17) is 16.3 Å². The molecule has 0 aromatic heterocycles. The molecule has 0 saturated carbocycles. The van der Waals surface area contributed by atoms with E-state index in [0.717, 1.165) is 0 Å². The minimum absolute atomic E-state index is 0.0486. The van der Waals surface area contributed by atoms with Gasteiger partial charge in [0.15, 0.2) is 11.6 Å². The van der Waals surface area contributed by atoms with Gasteiger partial charge in [0, 0.05) is 6.07 Å². The second-order valence-electron chi connectivity index (χ2n) is 3.38. The third-order valence-corrected chi connectivity index (χ3v) is 2.49. The molecule has 0 aliphatic heterocycles. The molecule has 6 heteroatoms. The molecule has 0 aliphatic rings. The fourth-order valence-corrected chi connectivity index (χ4v) is 1.59. The van der Waals surface area contributed by atoms with E-state index in [0.29, 0.717) is 0 Å². The number of para-hydroxylation sites is 2. The molecule has 0 fully saturated rings. The number of nitro benzene ring substituents is 1. The first kappa shape index (κ1) is 12.3. The first-order valence-electron chi connectivity index (χ1n) is 4.95. The van der Waals surface area contributed by atoms with E-state index >= 15 is 0 Å². The Bertz CT molecular complexity index is 604. The lowest BCUT2D eigenvalue weighted by molar-refractivity contribution is -0.385. The first-order chi connectivity index (χ1) is 8.59. The van der Waals surface area contributed by atoms with E-state index in [1.165, 1.54) is 36.4 Å². The van der Waals surface area contributed by atoms with Crippen molar-refractivity contribution in [2.24, 2.45) is 0 Å². The van der Waals surface area contributed by atoms with Gasteiger partial charge in [0.05, 0.1) is 9.95 Å². The van der Waals surface area contributed by atoms with E-state index in [2.05, 4.69) is 0 Å². The van der Waals surface area contributed by atoms with Crippen LogP contribution in [0.5, 0.6) is 11.5 Å². The van der Waals surface area contributed by atoms with Gasteiger partial charge in [-0.3, -0.25) is 10.1 Å². The molecule has 0 spiro atoms. The molecule has 18 heavy (non-hydrogen) atoms. The molecular formula is C12H7ClFNO3. The van der Waals surface area contributed by atoms with E-state index in [1.807, 2.05) is 0 Å². The number of ether oxygens (including phenoxy) is 1. The van der Waals surface area contributed by atoms with Crippen molar-refractivity contribution in [1.29, 1.82) is 0 Å². The smallest absolute Gasteiger partial charge is 0.313 e. The number of hydrogen-bond acceptors (Lipinski definition) is 3. The fourth-order valence-electron chi connectivity index (χ4n) is 1.38. The lowest BCUT2D eigenvalue weighted by Gasteiger charge is -2.08. The Labute approximate surface area is 107 Å². The highest BCUT2D eigenvalue weighted by Gasteiger charge is 2.19. The van der Waals surface area contributed by atoms with Crippen molar-refractivity contribution in [3.05, 3.63) is 63.4 Å². The Morgan fingerprint density at radius 2 is 1.89 bits per heavy atom. The zero-order chi connectivity index (χ0) is 13.1. The molecular weight excluding hydrogens is 261 g/mol. The standard InChI is InChI=1S/C12H7ClFNO3/c13-8-4-3-6-10(15(16)17)12(8)18-11-7-2-1-5-9(11)14/h1-7H. The summed E-state index contributed by atoms with van der Waals surface area (Å²) < 4.78 is 18.6. The van der Waals surface area contributed by atoms with Crippen LogP contribution in [0, 0.1) is 15.9 Å². The fraction of sp³-hybridized carbons (Fsp3) is 0. The van der Waals surface area contributed by atoms with Crippen molar-refractivity contribution < 1.29 is 14.1 Å². The average Bonchev–Trinajstić information content (AvgIpc) is 2.34. The Morgan fingerprint density at radius 3 is 2.56 bits per heavy atom. The molecule has 92 valence electrons. The van der Waals surface area contributed by atoms with Gasteiger partial charge in [-0.2, -0.15) is 0 Å². The van der Waals surface area contributed by atoms with Gasteiger partial charge < -0.3 is 4.74 Å². The molecule has 2 aromatic carbocycles. The molecule has 0 amide bonds. The summed E-state index contributed by atoms with van der Waals surface area (Å²) in [5.74, 6) is -0.908. The topological polar surface area (TPSA) is 52.4 Å². The number of nitrogens with zero attached hydrogens (tertiary/aromatic N) is 1. The lowest BCUT2D eigenvalue weighted by atomic mass is 10.3. The van der Waals surface area contributed by atoms with Crippen molar-refractivity contribution >= 4 is 17.3 Å². The van der Waals surface area contributed by atoms with Crippen LogP contribution in [0.15, 0.2) is 42.5 Å². The molecule has 0 atom stereocenters. The summed E-state index contributed by atoms with van der Waals surface area (Å²) in [6.07, 6.45) is 0. The van der Waals surface area contributed by atoms with Crippen molar-refractivity contribution in [3.63, 3.8) is 0 Å². The van der Waals surface area contributed by atoms with Crippen LogP contribution in [0.1, 0.15) is 0 Å². The Kier molecular flexibility index (Phi) is 3.43. The molecule has 2 aromatic rings. The first-order valence-corrected chi connectivity index (χ1v) is 5.32. The van der Waals surface area contributed by atoms with E-state index in [1.54, 1.807) is 6.07 Å². The Balaban J connectivity index is 2.46. The monoisotopic (exact) mass is 267 g/mol. The van der Waals surface area contributed by atoms with E-state index in [9.17, 15) is 14.5 Å². The number of benzene rings is 2. The molecule has 4 nitrogen and oxygen atoms in total. The summed E-state index contributed by atoms with van der Waals surface area (Å²) in [6, 6.07) is 9.70. The number of hydrogen-bond donors (Lipinski definition) is 0. The maximum Gasteiger partial charge on any atom is 0.313 e. The zero-order valence-corrected chi connectivity index (χ0v) is 9.73. The average molecular weight is 268 g/mol. The minimum Gasteiger partial charge on any atom is -0.445 e. The quantitative estimate of drug-likeness (QED) is 0.619. The summed E-state index contributed by atoms with van der Waals surface area (Å²) in [5.41, 5.74) is -0.314. The molecule has 0 N–H and O–H groups in total. The van der Waals surface area contributed by atoms with Gasteiger partial charge in [-0.05, 0) is 18.2 Å². The molecule has 0 unspecified atom stereocenters. The maximum absolute atomic E-state index is 13.4. The van der Waals surface area contributed by atoms with Crippen molar-refractivity contribution in [2.75, 3.05) is 0 Å². The molecule has 0 heterocycles. The zero-order valence-electron chi connectivity index (χ0n) is 8.97. The number of nitro groups is 1. The van der Waals surface area contributed by atoms with Gasteiger partial charge in [0.1, 0.15) is 0 Å². The van der Waals surface area contributed by atoms with Crippen molar-refractivity contribution in [3.8, 4) is 11.5 Å². The van der Waals surface area contributed by atoms with Gasteiger partial charge in [-0.1, -0.05) is 29.8 Å². The van der Waals surface area contributed by atoms with Crippen LogP contribution in [0.3, 0.4) is 0 Å². The van der Waals surface area contributed by atoms with Crippen LogP contribution in [-0.4, -0.2) is 4.92 Å². The molecule has 2 rings (SSSR count). The highest BCUT2D eigenvalue weighted by Crippen LogP contribution is 2.38. The molecule has 0 saturated heterocycles.